The third-order valence-corrected chi connectivity index (χ3v) is 3.27. The number of piperazine rings is 1. The van der Waals surface area contributed by atoms with Crippen molar-refractivity contribution in [1.82, 2.24) is 10.2 Å². The van der Waals surface area contributed by atoms with Crippen molar-refractivity contribution >= 4 is 0 Å². The van der Waals surface area contributed by atoms with Crippen molar-refractivity contribution in [2.24, 2.45) is 5.92 Å². The Bertz CT molecular complexity index is 177. The molecule has 1 aliphatic rings. The summed E-state index contributed by atoms with van der Waals surface area (Å²) < 4.78 is 0. The Kier molecular flexibility index (Phi) is 5.20. The predicted octanol–water partition coefficient (Wildman–Crippen LogP) is 1.88. The van der Waals surface area contributed by atoms with Gasteiger partial charge in [-0.05, 0) is 12.8 Å². The largest absolute Gasteiger partial charge is 0.314 e. The standard InChI is InChI=1S/C12H24N2/c1-4-6-8-14-9-7-13-10-12(14)11(3)5-2/h4,6,11-13H,5,7-10H2,1-3H3/b6-4+. The topological polar surface area (TPSA) is 15.3 Å². The minimum Gasteiger partial charge on any atom is -0.314 e. The van der Waals surface area contributed by atoms with E-state index in [-0.39, 0.29) is 0 Å². The van der Waals surface area contributed by atoms with Gasteiger partial charge < -0.3 is 5.32 Å². The molecule has 1 rings (SSSR count). The second-order valence-electron chi connectivity index (χ2n) is 4.22. The minimum absolute atomic E-state index is 0.727. The molecule has 2 heteroatoms. The van der Waals surface area contributed by atoms with Gasteiger partial charge in [0.15, 0.2) is 0 Å². The maximum atomic E-state index is 3.49. The molecule has 0 aromatic heterocycles. The SMILES string of the molecule is C/C=C/CN1CCNCC1C(C)CC. The van der Waals surface area contributed by atoms with Crippen LogP contribution in [0.1, 0.15) is 27.2 Å². The molecule has 1 aliphatic heterocycles. The lowest BCUT2D eigenvalue weighted by atomic mass is 9.96. The number of nitrogens with zero attached hydrogens (tertiary/aromatic N) is 1. The molecule has 0 amide bonds. The fourth-order valence-corrected chi connectivity index (χ4v) is 2.07. The van der Waals surface area contributed by atoms with Gasteiger partial charge in [-0.2, -0.15) is 0 Å². The third kappa shape index (κ3) is 3.10. The lowest BCUT2D eigenvalue weighted by Crippen LogP contribution is -2.53. The van der Waals surface area contributed by atoms with Crippen LogP contribution in [0, 0.1) is 5.92 Å². The van der Waals surface area contributed by atoms with Crippen LogP contribution < -0.4 is 5.32 Å². The predicted molar refractivity (Wildman–Crippen MR) is 62.5 cm³/mol. The number of hydrogen-bond donors (Lipinski definition) is 1. The summed E-state index contributed by atoms with van der Waals surface area (Å²) in [4.78, 5) is 2.60. The first-order valence-corrected chi connectivity index (χ1v) is 5.85. The Hall–Kier alpha value is -0.340. The van der Waals surface area contributed by atoms with E-state index in [0.29, 0.717) is 0 Å². The van der Waals surface area contributed by atoms with Gasteiger partial charge in [0.2, 0.25) is 0 Å². The van der Waals surface area contributed by atoms with Crippen LogP contribution >= 0.6 is 0 Å². The van der Waals surface area contributed by atoms with Crippen molar-refractivity contribution in [3.63, 3.8) is 0 Å². The normalized spacial score (nSPS) is 26.9. The number of hydrogen-bond acceptors (Lipinski definition) is 2. The van der Waals surface area contributed by atoms with E-state index in [1.165, 1.54) is 13.0 Å². The Morgan fingerprint density at radius 1 is 1.57 bits per heavy atom. The highest BCUT2D eigenvalue weighted by atomic mass is 15.2. The monoisotopic (exact) mass is 196 g/mol. The van der Waals surface area contributed by atoms with Crippen LogP contribution in [0.5, 0.6) is 0 Å². The summed E-state index contributed by atoms with van der Waals surface area (Å²) in [6.45, 7) is 11.4. The molecule has 1 heterocycles. The molecule has 0 aromatic rings. The highest BCUT2D eigenvalue weighted by Crippen LogP contribution is 2.15. The summed E-state index contributed by atoms with van der Waals surface area (Å²) in [5.74, 6) is 0.799. The van der Waals surface area contributed by atoms with Gasteiger partial charge in [0.25, 0.3) is 0 Å². The van der Waals surface area contributed by atoms with Crippen molar-refractivity contribution < 1.29 is 0 Å². The molecule has 0 aliphatic carbocycles. The molecule has 0 bridgehead atoms. The van der Waals surface area contributed by atoms with Gasteiger partial charge in [0.1, 0.15) is 0 Å². The van der Waals surface area contributed by atoms with E-state index in [9.17, 15) is 0 Å². The van der Waals surface area contributed by atoms with E-state index in [2.05, 4.69) is 43.1 Å². The highest BCUT2D eigenvalue weighted by molar-refractivity contribution is 4.89. The van der Waals surface area contributed by atoms with Crippen LogP contribution in [0.4, 0.5) is 0 Å². The van der Waals surface area contributed by atoms with Gasteiger partial charge in [-0.3, -0.25) is 4.90 Å². The molecule has 1 fully saturated rings. The van der Waals surface area contributed by atoms with Crippen LogP contribution in [0.15, 0.2) is 12.2 Å². The van der Waals surface area contributed by atoms with Gasteiger partial charge in [0.05, 0.1) is 0 Å². The number of nitrogens with one attached hydrogen (secondary N) is 1. The van der Waals surface area contributed by atoms with Crippen LogP contribution in [-0.2, 0) is 0 Å². The molecule has 0 saturated carbocycles. The average molecular weight is 196 g/mol. The smallest absolute Gasteiger partial charge is 0.0249 e. The lowest BCUT2D eigenvalue weighted by molar-refractivity contribution is 0.130. The zero-order valence-corrected chi connectivity index (χ0v) is 9.79. The molecule has 0 radical (unpaired) electrons. The summed E-state index contributed by atoms with van der Waals surface area (Å²) in [6, 6.07) is 0.727. The quantitative estimate of drug-likeness (QED) is 0.691. The van der Waals surface area contributed by atoms with E-state index in [1.54, 1.807) is 0 Å². The lowest BCUT2D eigenvalue weighted by Gasteiger charge is -2.38. The second-order valence-corrected chi connectivity index (χ2v) is 4.22. The second kappa shape index (κ2) is 6.20. The maximum Gasteiger partial charge on any atom is 0.0249 e. The molecule has 2 nitrogen and oxygen atoms in total. The summed E-state index contributed by atoms with van der Waals surface area (Å²) in [6.07, 6.45) is 5.69. The first-order chi connectivity index (χ1) is 6.79. The molecule has 2 unspecified atom stereocenters. The van der Waals surface area contributed by atoms with Gasteiger partial charge in [-0.25, -0.2) is 0 Å². The molecular weight excluding hydrogens is 172 g/mol. The fourth-order valence-electron chi connectivity index (χ4n) is 2.07. The van der Waals surface area contributed by atoms with Gasteiger partial charge in [-0.1, -0.05) is 32.4 Å². The molecule has 14 heavy (non-hydrogen) atoms. The molecule has 2 atom stereocenters. The number of rotatable bonds is 4. The fraction of sp³-hybridized carbons (Fsp3) is 0.833. The van der Waals surface area contributed by atoms with Gasteiger partial charge in [0, 0.05) is 32.2 Å². The van der Waals surface area contributed by atoms with Crippen LogP contribution in [-0.4, -0.2) is 37.1 Å². The van der Waals surface area contributed by atoms with Crippen LogP contribution in [0.25, 0.3) is 0 Å². The van der Waals surface area contributed by atoms with Gasteiger partial charge in [-0.15, -0.1) is 0 Å². The molecule has 0 spiro atoms. The van der Waals surface area contributed by atoms with Gasteiger partial charge >= 0.3 is 0 Å². The van der Waals surface area contributed by atoms with Crippen molar-refractivity contribution in [2.75, 3.05) is 26.2 Å². The Labute approximate surface area is 88.4 Å². The summed E-state index contributed by atoms with van der Waals surface area (Å²) in [5.41, 5.74) is 0. The first-order valence-electron chi connectivity index (χ1n) is 5.85. The molecule has 1 saturated heterocycles. The van der Waals surface area contributed by atoms with Crippen LogP contribution in [0.2, 0.25) is 0 Å². The van der Waals surface area contributed by atoms with E-state index >= 15 is 0 Å². The van der Waals surface area contributed by atoms with Crippen molar-refractivity contribution in [3.05, 3.63) is 12.2 Å². The summed E-state index contributed by atoms with van der Waals surface area (Å²) in [5, 5.41) is 3.49. The maximum absolute atomic E-state index is 3.49. The Morgan fingerprint density at radius 3 is 3.00 bits per heavy atom. The zero-order valence-electron chi connectivity index (χ0n) is 9.79. The molecular formula is C12H24N2. The van der Waals surface area contributed by atoms with Crippen molar-refractivity contribution in [1.29, 1.82) is 0 Å². The van der Waals surface area contributed by atoms with E-state index < -0.39 is 0 Å². The van der Waals surface area contributed by atoms with Crippen LogP contribution in [0.3, 0.4) is 0 Å². The highest BCUT2D eigenvalue weighted by Gasteiger charge is 2.24. The third-order valence-electron chi connectivity index (χ3n) is 3.27. The van der Waals surface area contributed by atoms with Crippen molar-refractivity contribution in [3.8, 4) is 0 Å². The number of allylic oxidation sites excluding steroid dienone is 1. The minimum atomic E-state index is 0.727. The van der Waals surface area contributed by atoms with Crippen molar-refractivity contribution in [2.45, 2.75) is 33.2 Å². The Balaban J connectivity index is 2.49. The van der Waals surface area contributed by atoms with E-state index in [4.69, 9.17) is 0 Å². The Morgan fingerprint density at radius 2 is 2.36 bits per heavy atom. The van der Waals surface area contributed by atoms with E-state index in [0.717, 1.165) is 31.6 Å². The molecule has 82 valence electrons. The van der Waals surface area contributed by atoms with E-state index in [1.807, 2.05) is 0 Å². The summed E-state index contributed by atoms with van der Waals surface area (Å²) in [7, 11) is 0. The molecule has 1 N–H and O–H groups in total. The molecule has 0 aromatic carbocycles. The zero-order chi connectivity index (χ0) is 10.4. The average Bonchev–Trinajstić information content (AvgIpc) is 2.25. The summed E-state index contributed by atoms with van der Waals surface area (Å²) >= 11 is 0. The first kappa shape index (κ1) is 11.7.